The third-order valence-corrected chi connectivity index (χ3v) is 7.30. The van der Waals surface area contributed by atoms with Crippen LogP contribution in [0, 0.1) is 0 Å². The van der Waals surface area contributed by atoms with Gasteiger partial charge in [-0.3, -0.25) is 9.69 Å². The minimum Gasteiger partial charge on any atom is -0.335 e. The van der Waals surface area contributed by atoms with Crippen LogP contribution in [-0.2, 0) is 6.54 Å². The third kappa shape index (κ3) is 3.96. The number of thiophene rings is 1. The number of hydrogen-bond acceptors (Lipinski definition) is 5. The van der Waals surface area contributed by atoms with Gasteiger partial charge in [0.25, 0.3) is 5.91 Å². The van der Waals surface area contributed by atoms with E-state index < -0.39 is 0 Å². The van der Waals surface area contributed by atoms with Crippen LogP contribution in [0.4, 0.5) is 0 Å². The highest BCUT2D eigenvalue weighted by Crippen LogP contribution is 2.27. The van der Waals surface area contributed by atoms with Gasteiger partial charge in [0.05, 0.1) is 10.6 Å². The van der Waals surface area contributed by atoms with Crippen molar-refractivity contribution in [2.75, 3.05) is 26.2 Å². The first-order chi connectivity index (χ1) is 14.3. The zero-order chi connectivity index (χ0) is 19.6. The summed E-state index contributed by atoms with van der Waals surface area (Å²) >= 11 is 3.28. The fourth-order valence-electron chi connectivity index (χ4n) is 3.67. The number of benzene rings is 2. The van der Waals surface area contributed by atoms with Crippen molar-refractivity contribution in [3.63, 3.8) is 0 Å². The maximum Gasteiger partial charge on any atom is 0.264 e. The lowest BCUT2D eigenvalue weighted by molar-refractivity contribution is 0.0632. The molecule has 4 nitrogen and oxygen atoms in total. The van der Waals surface area contributed by atoms with Crippen molar-refractivity contribution >= 4 is 38.7 Å². The van der Waals surface area contributed by atoms with Crippen molar-refractivity contribution in [2.45, 2.75) is 6.54 Å². The topological polar surface area (TPSA) is 36.4 Å². The first-order valence-corrected chi connectivity index (χ1v) is 11.5. The molecule has 5 rings (SSSR count). The van der Waals surface area contributed by atoms with Gasteiger partial charge in [-0.05, 0) is 17.5 Å². The molecule has 0 spiro atoms. The van der Waals surface area contributed by atoms with Crippen LogP contribution in [0.15, 0.2) is 66.0 Å². The van der Waals surface area contributed by atoms with E-state index in [0.717, 1.165) is 53.7 Å². The molecule has 4 aromatic rings. The highest BCUT2D eigenvalue weighted by atomic mass is 32.1. The monoisotopic (exact) mass is 419 g/mol. The van der Waals surface area contributed by atoms with Gasteiger partial charge in [0.15, 0.2) is 0 Å². The van der Waals surface area contributed by atoms with E-state index in [1.54, 1.807) is 22.7 Å². The zero-order valence-electron chi connectivity index (χ0n) is 16.0. The molecule has 1 amide bonds. The van der Waals surface area contributed by atoms with E-state index in [4.69, 9.17) is 4.98 Å². The number of aromatic nitrogens is 1. The van der Waals surface area contributed by atoms with E-state index >= 15 is 0 Å². The molecule has 146 valence electrons. The Kier molecular flexibility index (Phi) is 5.14. The number of thiazole rings is 1. The summed E-state index contributed by atoms with van der Waals surface area (Å²) in [6.07, 6.45) is 0. The van der Waals surface area contributed by atoms with Gasteiger partial charge < -0.3 is 4.90 Å². The van der Waals surface area contributed by atoms with Crippen LogP contribution in [0.2, 0.25) is 0 Å². The quantitative estimate of drug-likeness (QED) is 0.468. The Labute approximate surface area is 178 Å². The van der Waals surface area contributed by atoms with Crippen LogP contribution < -0.4 is 0 Å². The normalized spacial score (nSPS) is 15.1. The lowest BCUT2D eigenvalue weighted by atomic mass is 10.2. The predicted molar refractivity (Wildman–Crippen MR) is 121 cm³/mol. The summed E-state index contributed by atoms with van der Waals surface area (Å²) < 4.78 is 1.17. The molecule has 1 fully saturated rings. The highest BCUT2D eigenvalue weighted by molar-refractivity contribution is 7.20. The molecule has 0 aliphatic carbocycles. The second kappa shape index (κ2) is 8.06. The van der Waals surface area contributed by atoms with Crippen molar-refractivity contribution in [1.29, 1.82) is 0 Å². The fourth-order valence-corrected chi connectivity index (χ4v) is 5.52. The smallest absolute Gasteiger partial charge is 0.264 e. The first-order valence-electron chi connectivity index (χ1n) is 9.76. The summed E-state index contributed by atoms with van der Waals surface area (Å²) in [7, 11) is 0. The molecule has 0 unspecified atom stereocenters. The SMILES string of the molecule is O=C(c1cc2ccccc2s1)N1CCN(Cc2csc(-c3ccccc3)n2)CC1. The van der Waals surface area contributed by atoms with Crippen LogP contribution >= 0.6 is 22.7 Å². The van der Waals surface area contributed by atoms with Crippen molar-refractivity contribution in [2.24, 2.45) is 0 Å². The summed E-state index contributed by atoms with van der Waals surface area (Å²) in [4.78, 5) is 22.9. The van der Waals surface area contributed by atoms with E-state index in [0.29, 0.717) is 0 Å². The molecule has 1 saturated heterocycles. The average molecular weight is 420 g/mol. The highest BCUT2D eigenvalue weighted by Gasteiger charge is 2.24. The Morgan fingerprint density at radius 1 is 0.966 bits per heavy atom. The number of carbonyl (C=O) groups excluding carboxylic acids is 1. The molecule has 0 saturated carbocycles. The fraction of sp³-hybridized carbons (Fsp3) is 0.217. The van der Waals surface area contributed by atoms with Gasteiger partial charge in [-0.25, -0.2) is 4.98 Å². The number of amides is 1. The van der Waals surface area contributed by atoms with Gasteiger partial charge in [0.2, 0.25) is 0 Å². The molecule has 1 aliphatic rings. The lowest BCUT2D eigenvalue weighted by Crippen LogP contribution is -2.48. The molecular formula is C23H21N3OS2. The Morgan fingerprint density at radius 3 is 2.52 bits per heavy atom. The zero-order valence-corrected chi connectivity index (χ0v) is 17.6. The van der Waals surface area contributed by atoms with E-state index in [1.165, 1.54) is 10.3 Å². The molecule has 0 radical (unpaired) electrons. The molecule has 0 bridgehead atoms. The number of nitrogens with zero attached hydrogens (tertiary/aromatic N) is 3. The summed E-state index contributed by atoms with van der Waals surface area (Å²) in [5.74, 6) is 0.158. The first kappa shape index (κ1) is 18.5. The van der Waals surface area contributed by atoms with Crippen LogP contribution in [0.25, 0.3) is 20.7 Å². The predicted octanol–water partition coefficient (Wildman–Crippen LogP) is 4.98. The van der Waals surface area contributed by atoms with Crippen LogP contribution in [0.1, 0.15) is 15.4 Å². The van der Waals surface area contributed by atoms with Crippen LogP contribution in [0.3, 0.4) is 0 Å². The molecular weight excluding hydrogens is 398 g/mol. The molecule has 6 heteroatoms. The van der Waals surface area contributed by atoms with Gasteiger partial charge in [-0.1, -0.05) is 48.5 Å². The Bertz CT molecular complexity index is 1090. The van der Waals surface area contributed by atoms with Gasteiger partial charge >= 0.3 is 0 Å². The third-order valence-electron chi connectivity index (χ3n) is 5.25. The summed E-state index contributed by atoms with van der Waals surface area (Å²) in [6.45, 7) is 4.14. The minimum absolute atomic E-state index is 0.158. The van der Waals surface area contributed by atoms with E-state index in [-0.39, 0.29) is 5.91 Å². The second-order valence-corrected chi connectivity index (χ2v) is 9.17. The summed E-state index contributed by atoms with van der Waals surface area (Å²) in [5, 5.41) is 4.37. The van der Waals surface area contributed by atoms with Crippen molar-refractivity contribution in [3.8, 4) is 10.6 Å². The number of hydrogen-bond donors (Lipinski definition) is 0. The Balaban J connectivity index is 1.19. The second-order valence-electron chi connectivity index (χ2n) is 7.23. The molecule has 3 heterocycles. The summed E-state index contributed by atoms with van der Waals surface area (Å²) in [6, 6.07) is 20.5. The largest absolute Gasteiger partial charge is 0.335 e. The number of rotatable bonds is 4. The minimum atomic E-state index is 0.158. The standard InChI is InChI=1S/C23H21N3OS2/c27-23(21-14-18-8-4-5-9-20(18)29-21)26-12-10-25(11-13-26)15-19-16-28-22(24-19)17-6-2-1-3-7-17/h1-9,14,16H,10-13,15H2. The maximum atomic E-state index is 12.9. The van der Waals surface area contributed by atoms with Gasteiger partial charge in [0.1, 0.15) is 5.01 Å². The van der Waals surface area contributed by atoms with E-state index in [1.807, 2.05) is 41.3 Å². The Morgan fingerprint density at radius 2 is 1.72 bits per heavy atom. The summed E-state index contributed by atoms with van der Waals surface area (Å²) in [5.41, 5.74) is 2.28. The van der Waals surface area contributed by atoms with Gasteiger partial charge in [-0.15, -0.1) is 22.7 Å². The van der Waals surface area contributed by atoms with Gasteiger partial charge in [-0.2, -0.15) is 0 Å². The molecule has 2 aromatic carbocycles. The van der Waals surface area contributed by atoms with E-state index in [9.17, 15) is 4.79 Å². The van der Waals surface area contributed by atoms with Crippen LogP contribution in [0.5, 0.6) is 0 Å². The van der Waals surface area contributed by atoms with E-state index in [2.05, 4.69) is 34.5 Å². The van der Waals surface area contributed by atoms with Crippen molar-refractivity contribution in [3.05, 3.63) is 76.6 Å². The lowest BCUT2D eigenvalue weighted by Gasteiger charge is -2.34. The van der Waals surface area contributed by atoms with Crippen molar-refractivity contribution < 1.29 is 4.79 Å². The number of carbonyl (C=O) groups is 1. The molecule has 0 N–H and O–H groups in total. The molecule has 0 atom stereocenters. The van der Waals surface area contributed by atoms with Gasteiger partial charge in [0, 0.05) is 48.4 Å². The average Bonchev–Trinajstić information content (AvgIpc) is 3.41. The Hall–Kier alpha value is -2.54. The maximum absolute atomic E-state index is 12.9. The van der Waals surface area contributed by atoms with Crippen LogP contribution in [-0.4, -0.2) is 46.9 Å². The molecule has 2 aromatic heterocycles. The van der Waals surface area contributed by atoms with Crippen molar-refractivity contribution in [1.82, 2.24) is 14.8 Å². The molecule has 1 aliphatic heterocycles. The molecule has 29 heavy (non-hydrogen) atoms. The number of fused-ring (bicyclic) bond motifs is 1. The number of piperazine rings is 1.